The van der Waals surface area contributed by atoms with Gasteiger partial charge in [-0.05, 0) is 12.8 Å². The molecule has 0 radical (unpaired) electrons. The number of carbonyl (C=O) groups excluding carboxylic acids is 1. The zero-order chi connectivity index (χ0) is 12.1. The average molecular weight is 242 g/mol. The lowest BCUT2D eigenvalue weighted by Gasteiger charge is -2.17. The van der Waals surface area contributed by atoms with E-state index in [1.807, 2.05) is 7.05 Å². The Bertz CT molecular complexity index is 350. The smallest absolute Gasteiger partial charge is 0.357 e. The number of hydrogen-bond acceptors (Lipinski definition) is 5. The second-order valence-corrected chi connectivity index (χ2v) is 4.85. The molecule has 5 heteroatoms. The van der Waals surface area contributed by atoms with Crippen LogP contribution >= 0.6 is 11.3 Å². The normalized spacial score (nSPS) is 10.6. The lowest BCUT2D eigenvalue weighted by Crippen LogP contribution is -2.22. The molecule has 1 heterocycles. The predicted octanol–water partition coefficient (Wildman–Crippen LogP) is 2.41. The van der Waals surface area contributed by atoms with Crippen molar-refractivity contribution < 1.29 is 9.53 Å². The molecule has 0 amide bonds. The Morgan fingerprint density at radius 1 is 1.62 bits per heavy atom. The van der Waals surface area contributed by atoms with Crippen LogP contribution in [-0.2, 0) is 4.74 Å². The van der Waals surface area contributed by atoms with E-state index in [4.69, 9.17) is 4.74 Å². The quantitative estimate of drug-likeness (QED) is 0.744. The van der Waals surface area contributed by atoms with Crippen LogP contribution in [0.4, 0.5) is 5.13 Å². The Morgan fingerprint density at radius 2 is 2.31 bits per heavy atom. The summed E-state index contributed by atoms with van der Waals surface area (Å²) in [6.07, 6.45) is 0. The third-order valence-electron chi connectivity index (χ3n) is 1.94. The molecule has 90 valence electrons. The van der Waals surface area contributed by atoms with Crippen LogP contribution in [0.1, 0.15) is 31.3 Å². The molecule has 1 aromatic heterocycles. The van der Waals surface area contributed by atoms with Crippen molar-refractivity contribution in [1.29, 1.82) is 0 Å². The summed E-state index contributed by atoms with van der Waals surface area (Å²) in [5, 5.41) is 2.60. The molecule has 1 aromatic rings. The van der Waals surface area contributed by atoms with E-state index in [1.165, 1.54) is 11.3 Å². The standard InChI is InChI=1S/C11H18N2O2S/c1-5-15-10(14)9-7-16-11(12-9)13(4)6-8(2)3/h7-8H,5-6H2,1-4H3. The van der Waals surface area contributed by atoms with E-state index < -0.39 is 0 Å². The molecule has 0 aromatic carbocycles. The van der Waals surface area contributed by atoms with Gasteiger partial charge in [0.05, 0.1) is 6.61 Å². The molecular weight excluding hydrogens is 224 g/mol. The third kappa shape index (κ3) is 3.48. The van der Waals surface area contributed by atoms with Gasteiger partial charge in [-0.15, -0.1) is 11.3 Å². The summed E-state index contributed by atoms with van der Waals surface area (Å²) >= 11 is 1.47. The van der Waals surface area contributed by atoms with Crippen LogP contribution in [0.5, 0.6) is 0 Å². The number of esters is 1. The van der Waals surface area contributed by atoms with E-state index in [2.05, 4.69) is 23.7 Å². The molecule has 0 aliphatic rings. The van der Waals surface area contributed by atoms with Crippen molar-refractivity contribution in [1.82, 2.24) is 4.98 Å². The molecule has 0 saturated carbocycles. The van der Waals surface area contributed by atoms with Crippen molar-refractivity contribution in [3.8, 4) is 0 Å². The first-order valence-corrected chi connectivity index (χ1v) is 6.26. The van der Waals surface area contributed by atoms with Gasteiger partial charge in [0.1, 0.15) is 0 Å². The first-order chi connectivity index (χ1) is 7.54. The fraction of sp³-hybridized carbons (Fsp3) is 0.636. The van der Waals surface area contributed by atoms with Crippen molar-refractivity contribution in [2.75, 3.05) is 25.1 Å². The Balaban J connectivity index is 2.67. The fourth-order valence-electron chi connectivity index (χ4n) is 1.36. The van der Waals surface area contributed by atoms with Gasteiger partial charge in [0, 0.05) is 19.0 Å². The highest BCUT2D eigenvalue weighted by Crippen LogP contribution is 2.20. The molecule has 0 aliphatic heterocycles. The van der Waals surface area contributed by atoms with Crippen LogP contribution in [-0.4, -0.2) is 31.2 Å². The maximum absolute atomic E-state index is 11.4. The van der Waals surface area contributed by atoms with Crippen molar-refractivity contribution >= 4 is 22.4 Å². The van der Waals surface area contributed by atoms with Crippen molar-refractivity contribution in [3.05, 3.63) is 11.1 Å². The number of thiazole rings is 1. The van der Waals surface area contributed by atoms with E-state index in [1.54, 1.807) is 12.3 Å². The molecule has 1 rings (SSSR count). The highest BCUT2D eigenvalue weighted by molar-refractivity contribution is 7.13. The second-order valence-electron chi connectivity index (χ2n) is 4.01. The molecule has 4 nitrogen and oxygen atoms in total. The zero-order valence-electron chi connectivity index (χ0n) is 10.2. The Kier molecular flexibility index (Phi) is 4.73. The first kappa shape index (κ1) is 13.0. The molecule has 0 saturated heterocycles. The van der Waals surface area contributed by atoms with Gasteiger partial charge in [0.15, 0.2) is 10.8 Å². The number of carbonyl (C=O) groups is 1. The average Bonchev–Trinajstić information content (AvgIpc) is 2.65. The van der Waals surface area contributed by atoms with Crippen LogP contribution in [0.3, 0.4) is 0 Å². The van der Waals surface area contributed by atoms with Crippen molar-refractivity contribution in [2.45, 2.75) is 20.8 Å². The highest BCUT2D eigenvalue weighted by Gasteiger charge is 2.14. The van der Waals surface area contributed by atoms with Crippen LogP contribution in [0.2, 0.25) is 0 Å². The molecule has 0 fully saturated rings. The minimum absolute atomic E-state index is 0.344. The number of nitrogens with zero attached hydrogens (tertiary/aromatic N) is 2. The topological polar surface area (TPSA) is 42.4 Å². The SMILES string of the molecule is CCOC(=O)c1csc(N(C)CC(C)C)n1. The summed E-state index contributed by atoms with van der Waals surface area (Å²) in [5.74, 6) is 0.225. The molecule has 0 bridgehead atoms. The van der Waals surface area contributed by atoms with Crippen molar-refractivity contribution in [3.63, 3.8) is 0 Å². The molecule has 0 atom stereocenters. The van der Waals surface area contributed by atoms with Gasteiger partial charge in [-0.3, -0.25) is 0 Å². The summed E-state index contributed by atoms with van der Waals surface area (Å²) in [5.41, 5.74) is 0.400. The van der Waals surface area contributed by atoms with Crippen LogP contribution in [0.25, 0.3) is 0 Å². The molecule has 0 aliphatic carbocycles. The highest BCUT2D eigenvalue weighted by atomic mass is 32.1. The van der Waals surface area contributed by atoms with Gasteiger partial charge in [-0.25, -0.2) is 9.78 Å². The maximum Gasteiger partial charge on any atom is 0.357 e. The molecule has 16 heavy (non-hydrogen) atoms. The van der Waals surface area contributed by atoms with Crippen LogP contribution in [0, 0.1) is 5.92 Å². The van der Waals surface area contributed by atoms with Gasteiger partial charge in [-0.1, -0.05) is 13.8 Å². The lowest BCUT2D eigenvalue weighted by molar-refractivity contribution is 0.0520. The summed E-state index contributed by atoms with van der Waals surface area (Å²) in [7, 11) is 1.98. The van der Waals surface area contributed by atoms with Gasteiger partial charge in [-0.2, -0.15) is 0 Å². The van der Waals surface area contributed by atoms with Gasteiger partial charge in [0.2, 0.25) is 0 Å². The third-order valence-corrected chi connectivity index (χ3v) is 2.90. The Hall–Kier alpha value is -1.10. The van der Waals surface area contributed by atoms with Gasteiger partial charge < -0.3 is 9.64 Å². The largest absolute Gasteiger partial charge is 0.461 e. The van der Waals surface area contributed by atoms with Gasteiger partial charge in [0.25, 0.3) is 0 Å². The van der Waals surface area contributed by atoms with E-state index in [0.717, 1.165) is 11.7 Å². The van der Waals surface area contributed by atoms with Crippen LogP contribution < -0.4 is 4.90 Å². The number of ether oxygens (including phenoxy) is 1. The fourth-order valence-corrected chi connectivity index (χ4v) is 2.14. The predicted molar refractivity (Wildman–Crippen MR) is 66.2 cm³/mol. The van der Waals surface area contributed by atoms with E-state index in [9.17, 15) is 4.79 Å². The van der Waals surface area contributed by atoms with Crippen LogP contribution in [0.15, 0.2) is 5.38 Å². The molecule has 0 unspecified atom stereocenters. The number of anilines is 1. The number of hydrogen-bond donors (Lipinski definition) is 0. The molecule has 0 N–H and O–H groups in total. The Morgan fingerprint density at radius 3 is 2.88 bits per heavy atom. The minimum atomic E-state index is -0.344. The summed E-state index contributed by atoms with van der Waals surface area (Å²) < 4.78 is 4.89. The van der Waals surface area contributed by atoms with Gasteiger partial charge >= 0.3 is 5.97 Å². The molecule has 0 spiro atoms. The lowest BCUT2D eigenvalue weighted by atomic mass is 10.2. The monoisotopic (exact) mass is 242 g/mol. The number of aromatic nitrogens is 1. The minimum Gasteiger partial charge on any atom is -0.461 e. The van der Waals surface area contributed by atoms with E-state index >= 15 is 0 Å². The van der Waals surface area contributed by atoms with E-state index in [-0.39, 0.29) is 5.97 Å². The summed E-state index contributed by atoms with van der Waals surface area (Å²) in [6.45, 7) is 7.39. The first-order valence-electron chi connectivity index (χ1n) is 5.38. The van der Waals surface area contributed by atoms with E-state index in [0.29, 0.717) is 18.2 Å². The zero-order valence-corrected chi connectivity index (χ0v) is 11.0. The maximum atomic E-state index is 11.4. The second kappa shape index (κ2) is 5.84. The summed E-state index contributed by atoms with van der Waals surface area (Å²) in [4.78, 5) is 17.7. The summed E-state index contributed by atoms with van der Waals surface area (Å²) in [6, 6.07) is 0. The Labute approximate surface area is 100 Å². The molecular formula is C11H18N2O2S. The number of rotatable bonds is 5. The van der Waals surface area contributed by atoms with Crippen molar-refractivity contribution in [2.24, 2.45) is 5.92 Å².